The van der Waals surface area contributed by atoms with Gasteiger partial charge in [-0.2, -0.15) is 0 Å². The van der Waals surface area contributed by atoms with Gasteiger partial charge in [-0.3, -0.25) is 0 Å². The van der Waals surface area contributed by atoms with E-state index in [0.29, 0.717) is 13.2 Å². The number of aromatic nitrogens is 1. The molecule has 0 unspecified atom stereocenters. The second-order valence-corrected chi connectivity index (χ2v) is 5.83. The van der Waals surface area contributed by atoms with E-state index in [1.165, 1.54) is 10.9 Å². The molecule has 3 nitrogen and oxygen atoms in total. The maximum atomic E-state index is 5.79. The Morgan fingerprint density at radius 1 is 1.10 bits per heavy atom. The molecule has 1 heterocycles. The van der Waals surface area contributed by atoms with Gasteiger partial charge in [0.1, 0.15) is 12.4 Å². The van der Waals surface area contributed by atoms with Gasteiger partial charge in [-0.1, -0.05) is 34.1 Å². The topological polar surface area (TPSA) is 40.2 Å². The Bertz CT molecular complexity index is 751. The summed E-state index contributed by atoms with van der Waals surface area (Å²) < 4.78 is 9.02. The van der Waals surface area contributed by atoms with Crippen LogP contribution in [0.1, 0.15) is 5.56 Å². The van der Waals surface area contributed by atoms with Gasteiger partial charge >= 0.3 is 0 Å². The summed E-state index contributed by atoms with van der Waals surface area (Å²) >= 11 is 3.44. The fraction of sp³-hybridized carbons (Fsp3) is 0.176. The molecule has 21 heavy (non-hydrogen) atoms. The number of hydrogen-bond donors (Lipinski definition) is 1. The first-order valence-electron chi connectivity index (χ1n) is 6.92. The van der Waals surface area contributed by atoms with Gasteiger partial charge in [0.25, 0.3) is 0 Å². The van der Waals surface area contributed by atoms with Crippen molar-refractivity contribution in [1.82, 2.24) is 4.57 Å². The fourth-order valence-corrected chi connectivity index (χ4v) is 2.75. The lowest BCUT2D eigenvalue weighted by atomic mass is 10.1. The maximum absolute atomic E-state index is 5.79. The van der Waals surface area contributed by atoms with Crippen molar-refractivity contribution in [2.24, 2.45) is 5.73 Å². The van der Waals surface area contributed by atoms with E-state index in [4.69, 9.17) is 10.5 Å². The number of hydrogen-bond acceptors (Lipinski definition) is 2. The quantitative estimate of drug-likeness (QED) is 0.761. The van der Waals surface area contributed by atoms with Crippen molar-refractivity contribution in [3.05, 3.63) is 64.8 Å². The monoisotopic (exact) mass is 344 g/mol. The molecule has 0 amide bonds. The van der Waals surface area contributed by atoms with Gasteiger partial charge in [0, 0.05) is 22.7 Å². The molecule has 108 valence electrons. The summed E-state index contributed by atoms with van der Waals surface area (Å²) in [7, 11) is 0. The predicted octanol–water partition coefficient (Wildman–Crippen LogP) is 3.94. The minimum absolute atomic E-state index is 0.565. The van der Waals surface area contributed by atoms with E-state index in [1.54, 1.807) is 0 Å². The Morgan fingerprint density at radius 2 is 2.00 bits per heavy atom. The number of fused-ring (bicyclic) bond motifs is 1. The molecule has 4 heteroatoms. The zero-order chi connectivity index (χ0) is 14.7. The van der Waals surface area contributed by atoms with E-state index in [9.17, 15) is 0 Å². The van der Waals surface area contributed by atoms with Gasteiger partial charge in [0.05, 0.1) is 6.54 Å². The largest absolute Gasteiger partial charge is 0.492 e. The van der Waals surface area contributed by atoms with Crippen LogP contribution in [0.4, 0.5) is 0 Å². The molecule has 0 radical (unpaired) electrons. The highest BCUT2D eigenvalue weighted by Crippen LogP contribution is 2.19. The second kappa shape index (κ2) is 6.33. The molecule has 2 aromatic carbocycles. The lowest BCUT2D eigenvalue weighted by Crippen LogP contribution is -2.07. The van der Waals surface area contributed by atoms with Gasteiger partial charge in [-0.05, 0) is 41.3 Å². The van der Waals surface area contributed by atoms with Gasteiger partial charge in [0.2, 0.25) is 0 Å². The molecule has 0 saturated heterocycles. The minimum Gasteiger partial charge on any atom is -0.492 e. The fourth-order valence-electron chi connectivity index (χ4n) is 2.37. The van der Waals surface area contributed by atoms with E-state index >= 15 is 0 Å². The molecule has 0 aliphatic heterocycles. The summed E-state index contributed by atoms with van der Waals surface area (Å²) in [6.07, 6.45) is 2.09. The maximum Gasteiger partial charge on any atom is 0.120 e. The molecular formula is C17H17BrN2O. The lowest BCUT2D eigenvalue weighted by molar-refractivity contribution is 0.300. The Labute approximate surface area is 132 Å². The standard InChI is InChI=1S/C17H17BrN2O/c18-15-2-1-3-16(11-15)21-9-8-20-7-6-14-5-4-13(12-19)10-17(14)20/h1-7,10-11H,8-9,12,19H2. The SMILES string of the molecule is NCc1ccc2ccn(CCOc3cccc(Br)c3)c2c1. The van der Waals surface area contributed by atoms with Gasteiger partial charge in [0.15, 0.2) is 0 Å². The lowest BCUT2D eigenvalue weighted by Gasteiger charge is -2.09. The average Bonchev–Trinajstić information content (AvgIpc) is 2.90. The van der Waals surface area contributed by atoms with Crippen LogP contribution >= 0.6 is 15.9 Å². The van der Waals surface area contributed by atoms with Crippen molar-refractivity contribution >= 4 is 26.8 Å². The van der Waals surface area contributed by atoms with Crippen molar-refractivity contribution in [1.29, 1.82) is 0 Å². The third kappa shape index (κ3) is 3.28. The number of ether oxygens (including phenoxy) is 1. The molecule has 0 saturated carbocycles. The van der Waals surface area contributed by atoms with Crippen LogP contribution in [-0.4, -0.2) is 11.2 Å². The number of nitrogens with two attached hydrogens (primary N) is 1. The van der Waals surface area contributed by atoms with Crippen LogP contribution in [0, 0.1) is 0 Å². The Morgan fingerprint density at radius 3 is 2.81 bits per heavy atom. The third-order valence-electron chi connectivity index (χ3n) is 3.47. The second-order valence-electron chi connectivity index (χ2n) is 4.91. The van der Waals surface area contributed by atoms with Crippen molar-refractivity contribution in [3.8, 4) is 5.75 Å². The van der Waals surface area contributed by atoms with Gasteiger partial charge < -0.3 is 15.0 Å². The molecule has 1 aromatic heterocycles. The van der Waals surface area contributed by atoms with Crippen LogP contribution in [0.2, 0.25) is 0 Å². The van der Waals surface area contributed by atoms with Crippen molar-refractivity contribution < 1.29 is 4.74 Å². The molecule has 0 bridgehead atoms. The highest BCUT2D eigenvalue weighted by Gasteiger charge is 2.02. The minimum atomic E-state index is 0.565. The molecule has 0 aliphatic carbocycles. The van der Waals surface area contributed by atoms with Crippen LogP contribution in [0.3, 0.4) is 0 Å². The summed E-state index contributed by atoms with van der Waals surface area (Å²) in [4.78, 5) is 0. The number of rotatable bonds is 5. The van der Waals surface area contributed by atoms with Crippen LogP contribution < -0.4 is 10.5 Å². The average molecular weight is 345 g/mol. The molecule has 0 aliphatic rings. The van der Waals surface area contributed by atoms with Crippen LogP contribution in [0.15, 0.2) is 59.2 Å². The summed E-state index contributed by atoms with van der Waals surface area (Å²) in [6, 6.07) is 16.3. The van der Waals surface area contributed by atoms with Crippen molar-refractivity contribution in [2.75, 3.05) is 6.61 Å². The number of benzene rings is 2. The van der Waals surface area contributed by atoms with Gasteiger partial charge in [-0.15, -0.1) is 0 Å². The highest BCUT2D eigenvalue weighted by molar-refractivity contribution is 9.10. The Hall–Kier alpha value is -1.78. The van der Waals surface area contributed by atoms with Crippen LogP contribution in [-0.2, 0) is 13.1 Å². The highest BCUT2D eigenvalue weighted by atomic mass is 79.9. The molecule has 0 spiro atoms. The van der Waals surface area contributed by atoms with Crippen LogP contribution in [0.25, 0.3) is 10.9 Å². The number of nitrogens with zero attached hydrogens (tertiary/aromatic N) is 1. The molecule has 3 rings (SSSR count). The molecule has 2 N–H and O–H groups in total. The summed E-state index contributed by atoms with van der Waals surface area (Å²) in [5.74, 6) is 0.878. The number of halogens is 1. The van der Waals surface area contributed by atoms with E-state index in [2.05, 4.69) is 51.0 Å². The van der Waals surface area contributed by atoms with E-state index in [-0.39, 0.29) is 0 Å². The van der Waals surface area contributed by atoms with E-state index in [1.807, 2.05) is 24.3 Å². The summed E-state index contributed by atoms with van der Waals surface area (Å²) in [6.45, 7) is 2.01. The first kappa shape index (κ1) is 14.2. The third-order valence-corrected chi connectivity index (χ3v) is 3.96. The summed E-state index contributed by atoms with van der Waals surface area (Å²) in [5.41, 5.74) is 8.06. The molecule has 0 fully saturated rings. The first-order valence-corrected chi connectivity index (χ1v) is 7.72. The first-order chi connectivity index (χ1) is 10.3. The molecule has 0 atom stereocenters. The zero-order valence-corrected chi connectivity index (χ0v) is 13.2. The summed E-state index contributed by atoms with van der Waals surface area (Å²) in [5, 5.41) is 1.23. The Kier molecular flexibility index (Phi) is 4.27. The van der Waals surface area contributed by atoms with Crippen LogP contribution in [0.5, 0.6) is 5.75 Å². The predicted molar refractivity (Wildman–Crippen MR) is 89.5 cm³/mol. The van der Waals surface area contributed by atoms with E-state index < -0.39 is 0 Å². The molecule has 3 aromatic rings. The van der Waals surface area contributed by atoms with Crippen molar-refractivity contribution in [3.63, 3.8) is 0 Å². The van der Waals surface area contributed by atoms with Crippen molar-refractivity contribution in [2.45, 2.75) is 13.1 Å². The normalized spacial score (nSPS) is 11.0. The van der Waals surface area contributed by atoms with Gasteiger partial charge in [-0.25, -0.2) is 0 Å². The zero-order valence-electron chi connectivity index (χ0n) is 11.6. The van der Waals surface area contributed by atoms with E-state index in [0.717, 1.165) is 22.3 Å². The Balaban J connectivity index is 1.70. The smallest absolute Gasteiger partial charge is 0.120 e. The molecular weight excluding hydrogens is 328 g/mol.